The molecular formula is C12H13Cl2NO5. The molecule has 0 saturated heterocycles. The zero-order valence-electron chi connectivity index (χ0n) is 10.7. The van der Waals surface area contributed by atoms with Gasteiger partial charge in [0, 0.05) is 18.7 Å². The number of carbonyl (C=O) groups excluding carboxylic acids is 1. The number of ether oxygens (including phenoxy) is 2. The fraction of sp³-hybridized carbons (Fsp3) is 0.417. The summed E-state index contributed by atoms with van der Waals surface area (Å²) in [5.41, 5.74) is -0.463. The average Bonchev–Trinajstić information content (AvgIpc) is 2.41. The maximum Gasteiger partial charge on any atom is 0.340 e. The lowest BCUT2D eigenvalue weighted by atomic mass is 10.2. The third kappa shape index (κ3) is 4.63. The Labute approximate surface area is 125 Å². The molecule has 0 spiro atoms. The Bertz CT molecular complexity index is 507. The van der Waals surface area contributed by atoms with Crippen molar-refractivity contribution in [3.63, 3.8) is 0 Å². The normalized spacial score (nSPS) is 10.3. The van der Waals surface area contributed by atoms with Crippen LogP contribution < -0.4 is 0 Å². The second kappa shape index (κ2) is 8.04. The van der Waals surface area contributed by atoms with Crippen molar-refractivity contribution in [1.29, 1.82) is 0 Å². The Morgan fingerprint density at radius 1 is 1.30 bits per heavy atom. The largest absolute Gasteiger partial charge is 0.460 e. The minimum absolute atomic E-state index is 0.0372. The molecule has 0 aliphatic heterocycles. The molecule has 0 unspecified atom stereocenters. The third-order valence-corrected chi connectivity index (χ3v) is 3.06. The summed E-state index contributed by atoms with van der Waals surface area (Å²) < 4.78 is 10.1. The predicted molar refractivity (Wildman–Crippen MR) is 74.5 cm³/mol. The lowest BCUT2D eigenvalue weighted by Crippen LogP contribution is -2.12. The first-order chi connectivity index (χ1) is 9.47. The molecule has 0 amide bonds. The van der Waals surface area contributed by atoms with E-state index in [4.69, 9.17) is 32.7 Å². The lowest BCUT2D eigenvalue weighted by Gasteiger charge is -2.07. The van der Waals surface area contributed by atoms with E-state index in [9.17, 15) is 14.9 Å². The van der Waals surface area contributed by atoms with Crippen LogP contribution in [0.4, 0.5) is 5.69 Å². The molecule has 0 aromatic heterocycles. The Kier molecular flexibility index (Phi) is 6.70. The number of hydrogen-bond acceptors (Lipinski definition) is 5. The van der Waals surface area contributed by atoms with Gasteiger partial charge in [-0.2, -0.15) is 0 Å². The summed E-state index contributed by atoms with van der Waals surface area (Å²) in [6, 6.07) is 2.11. The summed E-state index contributed by atoms with van der Waals surface area (Å²) in [5.74, 6) is -0.777. The van der Waals surface area contributed by atoms with Crippen LogP contribution in [0.25, 0.3) is 0 Å². The molecule has 6 nitrogen and oxygen atoms in total. The zero-order valence-corrected chi connectivity index (χ0v) is 12.2. The summed E-state index contributed by atoms with van der Waals surface area (Å²) in [6.45, 7) is 2.81. The summed E-state index contributed by atoms with van der Waals surface area (Å²) in [4.78, 5) is 21.8. The van der Waals surface area contributed by atoms with Crippen LogP contribution in [0, 0.1) is 10.1 Å². The van der Waals surface area contributed by atoms with Crippen LogP contribution in [-0.4, -0.2) is 30.7 Å². The first-order valence-electron chi connectivity index (χ1n) is 5.85. The molecule has 0 N–H and O–H groups in total. The number of benzene rings is 1. The van der Waals surface area contributed by atoms with Crippen LogP contribution in [0.5, 0.6) is 0 Å². The molecule has 0 atom stereocenters. The molecule has 20 heavy (non-hydrogen) atoms. The molecular weight excluding hydrogens is 309 g/mol. The highest BCUT2D eigenvalue weighted by molar-refractivity contribution is 6.43. The average molecular weight is 322 g/mol. The molecule has 0 fully saturated rings. The molecule has 0 heterocycles. The number of carbonyl (C=O) groups is 1. The van der Waals surface area contributed by atoms with Gasteiger partial charge in [-0.15, -0.1) is 0 Å². The molecule has 8 heteroatoms. The van der Waals surface area contributed by atoms with E-state index < -0.39 is 10.9 Å². The highest BCUT2D eigenvalue weighted by atomic mass is 35.5. The molecule has 1 rings (SSSR count). The van der Waals surface area contributed by atoms with Crippen molar-refractivity contribution in [2.45, 2.75) is 13.3 Å². The number of hydrogen-bond donors (Lipinski definition) is 0. The van der Waals surface area contributed by atoms with E-state index in [1.165, 1.54) is 0 Å². The van der Waals surface area contributed by atoms with Crippen LogP contribution in [-0.2, 0) is 9.47 Å². The summed E-state index contributed by atoms with van der Waals surface area (Å²) >= 11 is 11.6. The molecule has 0 aliphatic carbocycles. The number of rotatable bonds is 7. The van der Waals surface area contributed by atoms with Gasteiger partial charge in [-0.25, -0.2) is 4.79 Å². The summed E-state index contributed by atoms with van der Waals surface area (Å²) in [5, 5.41) is 10.6. The van der Waals surface area contributed by atoms with Crippen LogP contribution in [0.15, 0.2) is 12.1 Å². The van der Waals surface area contributed by atoms with Crippen LogP contribution in [0.1, 0.15) is 23.7 Å². The van der Waals surface area contributed by atoms with E-state index in [2.05, 4.69) is 0 Å². The first kappa shape index (κ1) is 16.7. The number of esters is 1. The van der Waals surface area contributed by atoms with E-state index in [0.29, 0.717) is 6.61 Å². The maximum absolute atomic E-state index is 11.8. The molecule has 110 valence electrons. The fourth-order valence-electron chi connectivity index (χ4n) is 1.35. The van der Waals surface area contributed by atoms with E-state index in [0.717, 1.165) is 18.6 Å². The van der Waals surface area contributed by atoms with Crippen molar-refractivity contribution in [3.8, 4) is 0 Å². The number of halogens is 2. The molecule has 1 aromatic rings. The molecule has 0 aliphatic rings. The second-order valence-corrected chi connectivity index (χ2v) is 4.58. The van der Waals surface area contributed by atoms with E-state index in [-0.39, 0.29) is 34.5 Å². The SMILES string of the molecule is CCCOCCOC(=O)c1cc([N+](=O)[O-])cc(Cl)c1Cl. The van der Waals surface area contributed by atoms with Gasteiger partial charge in [-0.3, -0.25) is 10.1 Å². The van der Waals surface area contributed by atoms with Gasteiger partial charge in [-0.05, 0) is 6.42 Å². The first-order valence-corrected chi connectivity index (χ1v) is 6.61. The van der Waals surface area contributed by atoms with Gasteiger partial charge in [0.1, 0.15) is 6.61 Å². The molecule has 0 saturated carbocycles. The summed E-state index contributed by atoms with van der Waals surface area (Å²) in [6.07, 6.45) is 0.861. The van der Waals surface area contributed by atoms with Crippen molar-refractivity contribution < 1.29 is 19.2 Å². The highest BCUT2D eigenvalue weighted by Crippen LogP contribution is 2.31. The van der Waals surface area contributed by atoms with E-state index in [1.807, 2.05) is 6.92 Å². The van der Waals surface area contributed by atoms with Crippen LogP contribution in [0.3, 0.4) is 0 Å². The molecule has 0 radical (unpaired) electrons. The quantitative estimate of drug-likeness (QED) is 0.332. The smallest absolute Gasteiger partial charge is 0.340 e. The van der Waals surface area contributed by atoms with Gasteiger partial charge < -0.3 is 9.47 Å². The summed E-state index contributed by atoms with van der Waals surface area (Å²) in [7, 11) is 0. The highest BCUT2D eigenvalue weighted by Gasteiger charge is 2.20. The van der Waals surface area contributed by atoms with Crippen molar-refractivity contribution in [2.24, 2.45) is 0 Å². The fourth-order valence-corrected chi connectivity index (χ4v) is 1.75. The zero-order chi connectivity index (χ0) is 15.1. The predicted octanol–water partition coefficient (Wildman–Crippen LogP) is 3.49. The second-order valence-electron chi connectivity index (χ2n) is 3.79. The number of nitro benzene ring substituents is 1. The van der Waals surface area contributed by atoms with Crippen molar-refractivity contribution >= 4 is 34.9 Å². The van der Waals surface area contributed by atoms with Crippen molar-refractivity contribution in [2.75, 3.05) is 19.8 Å². The minimum atomic E-state index is -0.777. The number of nitrogens with zero attached hydrogens (tertiary/aromatic N) is 1. The minimum Gasteiger partial charge on any atom is -0.460 e. The standard InChI is InChI=1S/C12H13Cl2NO5/c1-2-3-19-4-5-20-12(16)9-6-8(15(17)18)7-10(13)11(9)14/h6-7H,2-5H2,1H3. The van der Waals surface area contributed by atoms with Crippen molar-refractivity contribution in [1.82, 2.24) is 0 Å². The van der Waals surface area contributed by atoms with Gasteiger partial charge in [0.15, 0.2) is 0 Å². The Hall–Kier alpha value is -1.37. The van der Waals surface area contributed by atoms with Crippen LogP contribution >= 0.6 is 23.2 Å². The Morgan fingerprint density at radius 2 is 2.00 bits per heavy atom. The van der Waals surface area contributed by atoms with Gasteiger partial charge in [0.05, 0.1) is 27.1 Å². The Morgan fingerprint density at radius 3 is 2.60 bits per heavy atom. The lowest BCUT2D eigenvalue weighted by molar-refractivity contribution is -0.384. The monoisotopic (exact) mass is 321 g/mol. The number of non-ortho nitro benzene ring substituents is 1. The molecule has 0 bridgehead atoms. The topological polar surface area (TPSA) is 78.7 Å². The maximum atomic E-state index is 11.8. The Balaban J connectivity index is 2.74. The van der Waals surface area contributed by atoms with Crippen LogP contribution in [0.2, 0.25) is 10.0 Å². The van der Waals surface area contributed by atoms with Gasteiger partial charge in [-0.1, -0.05) is 30.1 Å². The third-order valence-electron chi connectivity index (χ3n) is 2.25. The van der Waals surface area contributed by atoms with Gasteiger partial charge in [0.25, 0.3) is 5.69 Å². The number of nitro groups is 1. The van der Waals surface area contributed by atoms with Gasteiger partial charge >= 0.3 is 5.97 Å². The van der Waals surface area contributed by atoms with E-state index in [1.54, 1.807) is 0 Å². The molecule has 1 aromatic carbocycles. The van der Waals surface area contributed by atoms with Crippen molar-refractivity contribution in [3.05, 3.63) is 37.9 Å². The van der Waals surface area contributed by atoms with E-state index >= 15 is 0 Å². The van der Waals surface area contributed by atoms with Gasteiger partial charge in [0.2, 0.25) is 0 Å².